The lowest BCUT2D eigenvalue weighted by atomic mass is 10.2. The molecule has 0 aromatic heterocycles. The lowest BCUT2D eigenvalue weighted by molar-refractivity contribution is 0.192. The second kappa shape index (κ2) is 11.3. The molecular weight excluding hydrogens is 298 g/mol. The topological polar surface area (TPSA) is 36.9 Å². The molecule has 1 rings (SSSR count). The highest BCUT2D eigenvalue weighted by molar-refractivity contribution is 6.31. The second-order valence-electron chi connectivity index (χ2n) is 5.24. The van der Waals surface area contributed by atoms with E-state index in [9.17, 15) is 0 Å². The zero-order valence-electron chi connectivity index (χ0n) is 13.9. The normalized spacial score (nSPS) is 11.5. The largest absolute Gasteiger partial charge is 0.385 e. The van der Waals surface area contributed by atoms with E-state index in [4.69, 9.17) is 16.3 Å². The predicted molar refractivity (Wildman–Crippen MR) is 94.6 cm³/mol. The van der Waals surface area contributed by atoms with Gasteiger partial charge in [-0.2, -0.15) is 0 Å². The van der Waals surface area contributed by atoms with Gasteiger partial charge in [0.05, 0.1) is 0 Å². The van der Waals surface area contributed by atoms with Gasteiger partial charge in [0.2, 0.25) is 0 Å². The number of nitrogens with zero attached hydrogens (tertiary/aromatic N) is 2. The molecule has 0 heterocycles. The second-order valence-corrected chi connectivity index (χ2v) is 5.64. The summed E-state index contributed by atoms with van der Waals surface area (Å²) in [5.41, 5.74) is 1.11. The molecule has 5 heteroatoms. The van der Waals surface area contributed by atoms with E-state index in [1.54, 1.807) is 7.11 Å². The highest BCUT2D eigenvalue weighted by Gasteiger charge is 2.08. The van der Waals surface area contributed by atoms with Gasteiger partial charge in [0.15, 0.2) is 5.96 Å². The molecule has 0 amide bonds. The van der Waals surface area contributed by atoms with Gasteiger partial charge in [-0.1, -0.05) is 29.8 Å². The summed E-state index contributed by atoms with van der Waals surface area (Å²) >= 11 is 6.23. The van der Waals surface area contributed by atoms with Crippen LogP contribution in [0.4, 0.5) is 0 Å². The summed E-state index contributed by atoms with van der Waals surface area (Å²) in [5.74, 6) is 0.925. The molecule has 0 aliphatic rings. The molecule has 0 radical (unpaired) electrons. The number of aliphatic imine (C=N–C) groups is 1. The van der Waals surface area contributed by atoms with E-state index < -0.39 is 0 Å². The molecule has 0 bridgehead atoms. The van der Waals surface area contributed by atoms with Gasteiger partial charge in [-0.3, -0.25) is 4.99 Å². The third-order valence-electron chi connectivity index (χ3n) is 3.33. The number of benzene rings is 1. The lowest BCUT2D eigenvalue weighted by Gasteiger charge is -2.22. The molecule has 0 saturated carbocycles. The van der Waals surface area contributed by atoms with Crippen LogP contribution >= 0.6 is 11.6 Å². The number of methoxy groups -OCH3 is 1. The van der Waals surface area contributed by atoms with Crippen molar-refractivity contribution >= 4 is 17.6 Å². The molecule has 124 valence electrons. The summed E-state index contributed by atoms with van der Waals surface area (Å²) in [4.78, 5) is 6.80. The van der Waals surface area contributed by atoms with Crippen molar-refractivity contribution in [1.82, 2.24) is 10.2 Å². The van der Waals surface area contributed by atoms with Crippen LogP contribution < -0.4 is 5.32 Å². The van der Waals surface area contributed by atoms with Crippen molar-refractivity contribution in [2.45, 2.75) is 32.7 Å². The number of halogens is 1. The van der Waals surface area contributed by atoms with Crippen molar-refractivity contribution in [3.05, 3.63) is 34.9 Å². The van der Waals surface area contributed by atoms with Gasteiger partial charge in [-0.25, -0.2) is 0 Å². The molecule has 0 aliphatic carbocycles. The monoisotopic (exact) mass is 325 g/mol. The van der Waals surface area contributed by atoms with E-state index in [1.807, 2.05) is 31.3 Å². The van der Waals surface area contributed by atoms with Crippen molar-refractivity contribution < 1.29 is 4.74 Å². The van der Waals surface area contributed by atoms with Crippen molar-refractivity contribution in [2.24, 2.45) is 4.99 Å². The van der Waals surface area contributed by atoms with Crippen LogP contribution in [0, 0.1) is 0 Å². The molecule has 0 saturated heterocycles. The minimum Gasteiger partial charge on any atom is -0.385 e. The Morgan fingerprint density at radius 1 is 1.27 bits per heavy atom. The summed E-state index contributed by atoms with van der Waals surface area (Å²) in [5, 5.41) is 4.13. The average Bonchev–Trinajstić information content (AvgIpc) is 2.51. The quantitative estimate of drug-likeness (QED) is 0.428. The maximum atomic E-state index is 6.23. The molecule has 0 aliphatic heterocycles. The summed E-state index contributed by atoms with van der Waals surface area (Å²) in [7, 11) is 3.78. The first-order valence-corrected chi connectivity index (χ1v) is 8.28. The Balaban J connectivity index is 2.51. The Bertz CT molecular complexity index is 451. The van der Waals surface area contributed by atoms with Gasteiger partial charge in [0.1, 0.15) is 0 Å². The standard InChI is InChI=1S/C17H28ClN3O/c1-4-19-17(20-12-8-5-9-13-22-3)21(2)14-15-10-6-7-11-16(15)18/h6-7,10-11H,4-5,8-9,12-14H2,1-3H3,(H,19,20). The fraction of sp³-hybridized carbons (Fsp3) is 0.588. The number of guanidine groups is 1. The first-order valence-electron chi connectivity index (χ1n) is 7.90. The smallest absolute Gasteiger partial charge is 0.193 e. The number of nitrogens with one attached hydrogen (secondary N) is 1. The van der Waals surface area contributed by atoms with Crippen molar-refractivity contribution in [1.29, 1.82) is 0 Å². The number of ether oxygens (including phenoxy) is 1. The first kappa shape index (κ1) is 18.8. The van der Waals surface area contributed by atoms with Crippen LogP contribution in [0.25, 0.3) is 0 Å². The third kappa shape index (κ3) is 7.14. The van der Waals surface area contributed by atoms with Crippen LogP contribution in [0.5, 0.6) is 0 Å². The van der Waals surface area contributed by atoms with Crippen molar-refractivity contribution in [2.75, 3.05) is 33.9 Å². The van der Waals surface area contributed by atoms with Gasteiger partial charge in [0.25, 0.3) is 0 Å². The fourth-order valence-corrected chi connectivity index (χ4v) is 2.34. The van der Waals surface area contributed by atoms with Crippen LogP contribution in [0.2, 0.25) is 5.02 Å². The molecule has 1 aromatic rings. The van der Waals surface area contributed by atoms with Gasteiger partial charge < -0.3 is 15.0 Å². The van der Waals surface area contributed by atoms with Crippen molar-refractivity contribution in [3.8, 4) is 0 Å². The Hall–Kier alpha value is -1.26. The minimum absolute atomic E-state index is 0.745. The van der Waals surface area contributed by atoms with E-state index in [0.717, 1.165) is 62.0 Å². The molecule has 0 unspecified atom stereocenters. The van der Waals surface area contributed by atoms with Crippen LogP contribution in [0.3, 0.4) is 0 Å². The highest BCUT2D eigenvalue weighted by atomic mass is 35.5. The predicted octanol–water partition coefficient (Wildman–Crippen LogP) is 3.55. The number of unbranched alkanes of at least 4 members (excludes halogenated alkanes) is 2. The fourth-order valence-electron chi connectivity index (χ4n) is 2.15. The third-order valence-corrected chi connectivity index (χ3v) is 3.70. The Kier molecular flexibility index (Phi) is 9.67. The van der Waals surface area contributed by atoms with E-state index in [-0.39, 0.29) is 0 Å². The maximum absolute atomic E-state index is 6.23. The van der Waals surface area contributed by atoms with Gasteiger partial charge in [0, 0.05) is 45.4 Å². The highest BCUT2D eigenvalue weighted by Crippen LogP contribution is 2.16. The van der Waals surface area contributed by atoms with Gasteiger partial charge >= 0.3 is 0 Å². The molecule has 22 heavy (non-hydrogen) atoms. The van der Waals surface area contributed by atoms with Gasteiger partial charge in [-0.05, 0) is 37.8 Å². The maximum Gasteiger partial charge on any atom is 0.193 e. The molecule has 1 aromatic carbocycles. The SMILES string of the molecule is CCNC(=NCCCCCOC)N(C)Cc1ccccc1Cl. The molecular formula is C17H28ClN3O. The zero-order chi connectivity index (χ0) is 16.2. The Morgan fingerprint density at radius 2 is 2.05 bits per heavy atom. The Labute approximate surface area is 139 Å². The molecule has 0 atom stereocenters. The van der Waals surface area contributed by atoms with Gasteiger partial charge in [-0.15, -0.1) is 0 Å². The van der Waals surface area contributed by atoms with E-state index in [2.05, 4.69) is 22.1 Å². The summed E-state index contributed by atoms with van der Waals surface area (Å²) in [6, 6.07) is 7.93. The average molecular weight is 326 g/mol. The van der Waals surface area contributed by atoms with E-state index in [0.29, 0.717) is 0 Å². The van der Waals surface area contributed by atoms with E-state index in [1.165, 1.54) is 0 Å². The number of hydrogen-bond donors (Lipinski definition) is 1. The number of hydrogen-bond acceptors (Lipinski definition) is 2. The molecule has 0 fully saturated rings. The van der Waals surface area contributed by atoms with Crippen LogP contribution in [0.15, 0.2) is 29.3 Å². The molecule has 0 spiro atoms. The molecule has 1 N–H and O–H groups in total. The van der Waals surface area contributed by atoms with E-state index >= 15 is 0 Å². The van der Waals surface area contributed by atoms with Crippen LogP contribution in [-0.4, -0.2) is 44.7 Å². The summed E-state index contributed by atoms with van der Waals surface area (Å²) in [6.07, 6.45) is 3.32. The molecule has 4 nitrogen and oxygen atoms in total. The zero-order valence-corrected chi connectivity index (χ0v) is 14.7. The van der Waals surface area contributed by atoms with Crippen LogP contribution in [-0.2, 0) is 11.3 Å². The number of rotatable bonds is 9. The summed E-state index contributed by atoms with van der Waals surface area (Å²) in [6.45, 7) is 5.34. The first-order chi connectivity index (χ1) is 10.7. The Morgan fingerprint density at radius 3 is 2.73 bits per heavy atom. The van der Waals surface area contributed by atoms with Crippen molar-refractivity contribution in [3.63, 3.8) is 0 Å². The minimum atomic E-state index is 0.745. The lowest BCUT2D eigenvalue weighted by Crippen LogP contribution is -2.38. The summed E-state index contributed by atoms with van der Waals surface area (Å²) < 4.78 is 5.05. The van der Waals surface area contributed by atoms with Crippen LogP contribution in [0.1, 0.15) is 31.7 Å².